The van der Waals surface area contributed by atoms with Crippen LogP contribution in [0.25, 0.3) is 23.8 Å². The van der Waals surface area contributed by atoms with E-state index in [0.29, 0.717) is 17.4 Å². The van der Waals surface area contributed by atoms with Gasteiger partial charge in [0.2, 0.25) is 0 Å². The third kappa shape index (κ3) is 11.3. The van der Waals surface area contributed by atoms with Crippen LogP contribution in [0.15, 0.2) is 65.1 Å². The Balaban J connectivity index is 1.84. The second kappa shape index (κ2) is 19.2. The first-order chi connectivity index (χ1) is 21.4. The maximum absolute atomic E-state index is 9.74. The zero-order valence-electron chi connectivity index (χ0n) is 27.4. The molecule has 0 bridgehead atoms. The van der Waals surface area contributed by atoms with Gasteiger partial charge in [-0.25, -0.2) is 0 Å². The first-order valence-electron chi connectivity index (χ1n) is 16.5. The van der Waals surface area contributed by atoms with E-state index in [2.05, 4.69) is 105 Å². The number of halogens is 1. The lowest BCUT2D eigenvalue weighted by Crippen LogP contribution is -2.13. The Morgan fingerprint density at radius 2 is 1.34 bits per heavy atom. The molecule has 4 heteroatoms. The molecule has 2 atom stereocenters. The van der Waals surface area contributed by atoms with Crippen LogP contribution >= 0.6 is 15.9 Å². The van der Waals surface area contributed by atoms with E-state index >= 15 is 0 Å². The molecule has 2 unspecified atom stereocenters. The maximum atomic E-state index is 9.74. The molecule has 0 aliphatic rings. The Bertz CT molecular complexity index is 1380. The van der Waals surface area contributed by atoms with Gasteiger partial charge in [0.25, 0.3) is 0 Å². The predicted octanol–water partition coefficient (Wildman–Crippen LogP) is 12.2. The summed E-state index contributed by atoms with van der Waals surface area (Å²) in [6.07, 6.45) is 15.8. The number of aryl methyl sites for hydroxylation is 1. The minimum absolute atomic E-state index is 0.559. The summed E-state index contributed by atoms with van der Waals surface area (Å²) in [4.78, 5) is 0. The van der Waals surface area contributed by atoms with E-state index in [1.807, 2.05) is 30.3 Å². The van der Waals surface area contributed by atoms with E-state index in [9.17, 15) is 5.26 Å². The first-order valence-corrected chi connectivity index (χ1v) is 17.3. The maximum Gasteiger partial charge on any atom is 0.127 e. The third-order valence-electron chi connectivity index (χ3n) is 8.32. The topological polar surface area (TPSA) is 42.2 Å². The second-order valence-electron chi connectivity index (χ2n) is 11.8. The van der Waals surface area contributed by atoms with Gasteiger partial charge in [-0.3, -0.25) is 0 Å². The van der Waals surface area contributed by atoms with Crippen LogP contribution in [0.4, 0.5) is 0 Å². The zero-order valence-corrected chi connectivity index (χ0v) is 29.0. The summed E-state index contributed by atoms with van der Waals surface area (Å²) in [5.41, 5.74) is 5.75. The van der Waals surface area contributed by atoms with E-state index in [0.717, 1.165) is 69.8 Å². The molecule has 0 radical (unpaired) electrons. The lowest BCUT2D eigenvalue weighted by molar-refractivity contribution is 0.226. The number of ether oxygens (including phenoxy) is 2. The molecule has 0 spiro atoms. The van der Waals surface area contributed by atoms with Gasteiger partial charge in [0.05, 0.1) is 24.9 Å². The summed E-state index contributed by atoms with van der Waals surface area (Å²) in [6, 6.07) is 22.7. The van der Waals surface area contributed by atoms with Crippen LogP contribution in [0.1, 0.15) is 107 Å². The highest BCUT2D eigenvalue weighted by molar-refractivity contribution is 9.10. The summed E-state index contributed by atoms with van der Waals surface area (Å²) in [5, 5.41) is 9.74. The van der Waals surface area contributed by atoms with Crippen molar-refractivity contribution in [3.8, 4) is 17.6 Å². The van der Waals surface area contributed by atoms with E-state index < -0.39 is 0 Å². The van der Waals surface area contributed by atoms with Crippen molar-refractivity contribution in [3.63, 3.8) is 0 Å². The zero-order chi connectivity index (χ0) is 31.7. The lowest BCUT2D eigenvalue weighted by atomic mass is 10.00. The summed E-state index contributed by atoms with van der Waals surface area (Å²) >= 11 is 3.46. The Morgan fingerprint density at radius 3 is 1.89 bits per heavy atom. The number of allylic oxidation sites excluding steroid dienone is 1. The minimum atomic E-state index is 0.559. The molecule has 0 fully saturated rings. The smallest absolute Gasteiger partial charge is 0.127 e. The van der Waals surface area contributed by atoms with Crippen LogP contribution in [0.2, 0.25) is 0 Å². The van der Waals surface area contributed by atoms with Crippen LogP contribution in [0, 0.1) is 30.1 Å². The molecule has 0 heterocycles. The highest BCUT2D eigenvalue weighted by Gasteiger charge is 2.14. The van der Waals surface area contributed by atoms with Crippen LogP contribution < -0.4 is 9.47 Å². The molecule has 234 valence electrons. The van der Waals surface area contributed by atoms with Crippen LogP contribution in [0.3, 0.4) is 0 Å². The Hall–Kier alpha value is -3.29. The van der Waals surface area contributed by atoms with E-state index in [4.69, 9.17) is 9.47 Å². The van der Waals surface area contributed by atoms with E-state index in [1.165, 1.54) is 38.5 Å². The number of hydrogen-bond acceptors (Lipinski definition) is 3. The van der Waals surface area contributed by atoms with Gasteiger partial charge in [-0.2, -0.15) is 5.26 Å². The minimum Gasteiger partial charge on any atom is -0.493 e. The monoisotopic (exact) mass is 655 g/mol. The molecular formula is C40H50BrNO2. The fraction of sp³-hybridized carbons (Fsp3) is 0.425. The fourth-order valence-electron chi connectivity index (χ4n) is 5.17. The second-order valence-corrected chi connectivity index (χ2v) is 12.7. The fourth-order valence-corrected chi connectivity index (χ4v) is 5.43. The molecule has 0 aliphatic carbocycles. The van der Waals surface area contributed by atoms with Gasteiger partial charge in [-0.1, -0.05) is 131 Å². The van der Waals surface area contributed by atoms with Crippen molar-refractivity contribution in [3.05, 3.63) is 93.0 Å². The van der Waals surface area contributed by atoms with E-state index in [-0.39, 0.29) is 0 Å². The Kier molecular flexibility index (Phi) is 15.3. The molecule has 0 aromatic heterocycles. The van der Waals surface area contributed by atoms with Crippen molar-refractivity contribution in [1.29, 1.82) is 5.26 Å². The van der Waals surface area contributed by atoms with Gasteiger partial charge in [0.15, 0.2) is 0 Å². The molecule has 44 heavy (non-hydrogen) atoms. The average molecular weight is 657 g/mol. The standard InChI is InChI=1S/C40H50BrNO2/c1-6-10-12-31(8-3)28-43-39-26-36(40(24-30(39)5)44-29-32(9-4)13-11-7-2)19-18-33-14-16-34(17-15-33)25-37(27-42)35-20-22-38(41)23-21-35/h14-26,31-32H,6-13,28-29H2,1-5H3/b19-18+,37-25+. The quantitative estimate of drug-likeness (QED) is 0.101. The Morgan fingerprint density at radius 1 is 0.773 bits per heavy atom. The molecule has 0 saturated heterocycles. The molecule has 0 saturated carbocycles. The number of hydrogen-bond donors (Lipinski definition) is 0. The number of rotatable bonds is 18. The van der Waals surface area contributed by atoms with Crippen LogP contribution in [-0.4, -0.2) is 13.2 Å². The van der Waals surface area contributed by atoms with Crippen LogP contribution in [0.5, 0.6) is 11.5 Å². The molecular weight excluding hydrogens is 606 g/mol. The average Bonchev–Trinajstić information content (AvgIpc) is 3.05. The summed E-state index contributed by atoms with van der Waals surface area (Å²) in [6.45, 7) is 12.6. The highest BCUT2D eigenvalue weighted by Crippen LogP contribution is 2.32. The summed E-state index contributed by atoms with van der Waals surface area (Å²) in [5.74, 6) is 2.98. The van der Waals surface area contributed by atoms with Crippen molar-refractivity contribution in [1.82, 2.24) is 0 Å². The molecule has 0 aliphatic heterocycles. The third-order valence-corrected chi connectivity index (χ3v) is 8.85. The predicted molar refractivity (Wildman–Crippen MR) is 192 cm³/mol. The van der Waals surface area contributed by atoms with Crippen molar-refractivity contribution >= 4 is 39.7 Å². The normalized spacial score (nSPS) is 13.1. The van der Waals surface area contributed by atoms with Gasteiger partial charge < -0.3 is 9.47 Å². The lowest BCUT2D eigenvalue weighted by Gasteiger charge is -2.20. The number of nitrogens with zero attached hydrogens (tertiary/aromatic N) is 1. The van der Waals surface area contributed by atoms with Gasteiger partial charge in [0, 0.05) is 10.0 Å². The first kappa shape index (κ1) is 35.2. The molecule has 0 amide bonds. The van der Waals surface area contributed by atoms with Crippen molar-refractivity contribution in [2.24, 2.45) is 11.8 Å². The molecule has 3 nitrogen and oxygen atoms in total. The van der Waals surface area contributed by atoms with Crippen LogP contribution in [-0.2, 0) is 0 Å². The molecule has 3 rings (SSSR count). The summed E-state index contributed by atoms with van der Waals surface area (Å²) in [7, 11) is 0. The highest BCUT2D eigenvalue weighted by atomic mass is 79.9. The van der Waals surface area contributed by atoms with Gasteiger partial charge in [-0.05, 0) is 84.2 Å². The Labute approximate surface area is 275 Å². The molecule has 3 aromatic rings. The largest absolute Gasteiger partial charge is 0.493 e. The van der Waals surface area contributed by atoms with Gasteiger partial charge in [-0.15, -0.1) is 0 Å². The van der Waals surface area contributed by atoms with E-state index in [1.54, 1.807) is 0 Å². The SMILES string of the molecule is CCCCC(CC)COc1cc(/C=C/c2ccc(/C=C(\C#N)c3ccc(Br)cc3)cc2)c(OCC(CC)CCCC)cc1C. The van der Waals surface area contributed by atoms with Crippen molar-refractivity contribution in [2.75, 3.05) is 13.2 Å². The molecule has 3 aromatic carbocycles. The van der Waals surface area contributed by atoms with Crippen molar-refractivity contribution in [2.45, 2.75) is 86.0 Å². The van der Waals surface area contributed by atoms with Gasteiger partial charge >= 0.3 is 0 Å². The number of benzene rings is 3. The number of nitriles is 1. The molecule has 0 N–H and O–H groups in total. The number of unbranched alkanes of at least 4 members (excludes halogenated alkanes) is 2. The van der Waals surface area contributed by atoms with Crippen molar-refractivity contribution < 1.29 is 9.47 Å². The summed E-state index contributed by atoms with van der Waals surface area (Å²) < 4.78 is 13.9. The van der Waals surface area contributed by atoms with Gasteiger partial charge in [0.1, 0.15) is 11.5 Å².